The number of pyridine rings is 2. The minimum Gasteiger partial charge on any atom is -0.444 e. The quantitative estimate of drug-likeness (QED) is 0.513. The molecule has 0 aromatic carbocycles. The highest BCUT2D eigenvalue weighted by Gasteiger charge is 2.27. The van der Waals surface area contributed by atoms with E-state index in [2.05, 4.69) is 25.1 Å². The van der Waals surface area contributed by atoms with Crippen molar-refractivity contribution in [2.75, 3.05) is 73.2 Å². The molecule has 2 aliphatic rings. The number of rotatable bonds is 4. The summed E-state index contributed by atoms with van der Waals surface area (Å²) in [4.78, 5) is 50.4. The van der Waals surface area contributed by atoms with Crippen molar-refractivity contribution in [3.05, 3.63) is 36.7 Å². The van der Waals surface area contributed by atoms with E-state index in [-0.39, 0.29) is 12.2 Å². The van der Waals surface area contributed by atoms with E-state index in [0.717, 1.165) is 37.6 Å². The van der Waals surface area contributed by atoms with Gasteiger partial charge in [-0.1, -0.05) is 0 Å². The average Bonchev–Trinajstić information content (AvgIpc) is 2.93. The Morgan fingerprint density at radius 2 is 1.17 bits per heavy atom. The number of nitrogens with two attached hydrogens (primary N) is 1. The third kappa shape index (κ3) is 10.3. The molecule has 42 heavy (non-hydrogen) atoms. The molecule has 13 nitrogen and oxygen atoms in total. The van der Waals surface area contributed by atoms with Gasteiger partial charge in [-0.15, -0.1) is 0 Å². The number of hydrogen-bond donors (Lipinski definition) is 2. The molecule has 0 atom stereocenters. The molecule has 4 rings (SSSR count). The Kier molecular flexibility index (Phi) is 10.8. The molecule has 0 saturated carbocycles. The number of carbonyl (C=O) groups is 3. The maximum Gasteiger partial charge on any atom is 0.410 e. The standard InChI is InChI=1S/C15H22N4O3.C14H22N4O2/c1-15(2,3)22-14(21)19-8-6-18(7-9-19)12-4-5-13(16-10-12)17-11-20;1-14(2,3)20-13(19)18-8-6-17(7-9-18)11-4-5-12(15)16-10-11/h4-5,10-11H,6-9H2,1-3H3,(H,16,17,20);4-5,10H,6-9H2,1-3H3,(H2,15,16). The number of amides is 3. The van der Waals surface area contributed by atoms with Gasteiger partial charge in [-0.05, 0) is 65.8 Å². The highest BCUT2D eigenvalue weighted by Crippen LogP contribution is 2.19. The number of nitrogens with one attached hydrogen (secondary N) is 1. The summed E-state index contributed by atoms with van der Waals surface area (Å²) in [6.07, 6.45) is 3.57. The van der Waals surface area contributed by atoms with E-state index in [4.69, 9.17) is 15.2 Å². The van der Waals surface area contributed by atoms with Gasteiger partial charge in [0.15, 0.2) is 0 Å². The Morgan fingerprint density at radius 3 is 1.50 bits per heavy atom. The molecule has 2 saturated heterocycles. The number of piperazine rings is 2. The van der Waals surface area contributed by atoms with Crippen LogP contribution in [0.2, 0.25) is 0 Å². The second kappa shape index (κ2) is 14.1. The van der Waals surface area contributed by atoms with E-state index < -0.39 is 11.2 Å². The minimum atomic E-state index is -0.473. The molecule has 2 aromatic rings. The second-order valence-electron chi connectivity index (χ2n) is 12.0. The van der Waals surface area contributed by atoms with E-state index in [1.165, 1.54) is 0 Å². The second-order valence-corrected chi connectivity index (χ2v) is 12.0. The summed E-state index contributed by atoms with van der Waals surface area (Å²) in [5.41, 5.74) is 6.66. The van der Waals surface area contributed by atoms with E-state index >= 15 is 0 Å². The number of anilines is 4. The molecule has 4 heterocycles. The summed E-state index contributed by atoms with van der Waals surface area (Å²) in [5, 5.41) is 2.50. The molecule has 3 amide bonds. The first kappa shape index (κ1) is 32.2. The van der Waals surface area contributed by atoms with Crippen LogP contribution in [-0.4, -0.2) is 102 Å². The summed E-state index contributed by atoms with van der Waals surface area (Å²) in [7, 11) is 0. The number of carbonyl (C=O) groups excluding carboxylic acids is 3. The first-order valence-electron chi connectivity index (χ1n) is 14.1. The van der Waals surface area contributed by atoms with Crippen LogP contribution >= 0.6 is 0 Å². The fourth-order valence-electron chi connectivity index (χ4n) is 4.25. The van der Waals surface area contributed by atoms with Crippen LogP contribution in [0.1, 0.15) is 41.5 Å². The largest absolute Gasteiger partial charge is 0.444 e. The third-order valence-electron chi connectivity index (χ3n) is 6.32. The highest BCUT2D eigenvalue weighted by atomic mass is 16.6. The van der Waals surface area contributed by atoms with Gasteiger partial charge in [0, 0.05) is 52.4 Å². The van der Waals surface area contributed by atoms with E-state index in [0.29, 0.717) is 44.2 Å². The van der Waals surface area contributed by atoms with Gasteiger partial charge in [-0.2, -0.15) is 0 Å². The van der Waals surface area contributed by atoms with Gasteiger partial charge in [0.25, 0.3) is 0 Å². The Bertz CT molecular complexity index is 1160. The lowest BCUT2D eigenvalue weighted by Crippen LogP contribution is -2.50. The summed E-state index contributed by atoms with van der Waals surface area (Å²) in [6.45, 7) is 16.7. The first-order chi connectivity index (χ1) is 19.7. The fourth-order valence-corrected chi connectivity index (χ4v) is 4.25. The lowest BCUT2D eigenvalue weighted by Gasteiger charge is -2.36. The van der Waals surface area contributed by atoms with Crippen LogP contribution in [0.15, 0.2) is 36.7 Å². The van der Waals surface area contributed by atoms with Crippen LogP contribution in [-0.2, 0) is 14.3 Å². The van der Waals surface area contributed by atoms with Crippen LogP contribution in [0.4, 0.5) is 32.6 Å². The predicted molar refractivity (Wildman–Crippen MR) is 163 cm³/mol. The van der Waals surface area contributed by atoms with Gasteiger partial charge in [0.1, 0.15) is 22.8 Å². The lowest BCUT2D eigenvalue weighted by atomic mass is 10.2. The molecule has 0 bridgehead atoms. The van der Waals surface area contributed by atoms with E-state index in [1.807, 2.05) is 53.7 Å². The van der Waals surface area contributed by atoms with Gasteiger partial charge >= 0.3 is 12.2 Å². The summed E-state index contributed by atoms with van der Waals surface area (Å²) in [6, 6.07) is 7.40. The molecule has 13 heteroatoms. The van der Waals surface area contributed by atoms with Crippen LogP contribution in [0.3, 0.4) is 0 Å². The molecule has 0 spiro atoms. The molecule has 230 valence electrons. The number of ether oxygens (including phenoxy) is 2. The number of nitrogen functional groups attached to an aromatic ring is 1. The molecule has 0 aliphatic carbocycles. The Morgan fingerprint density at radius 1 is 0.738 bits per heavy atom. The zero-order valence-electron chi connectivity index (χ0n) is 25.5. The van der Waals surface area contributed by atoms with Crippen molar-refractivity contribution in [2.24, 2.45) is 0 Å². The van der Waals surface area contributed by atoms with Crippen LogP contribution in [0.5, 0.6) is 0 Å². The van der Waals surface area contributed by atoms with Crippen LogP contribution < -0.4 is 20.9 Å². The molecule has 3 N–H and O–H groups in total. The molecule has 0 unspecified atom stereocenters. The Hall–Kier alpha value is -4.29. The normalized spacial score (nSPS) is 15.8. The zero-order chi connectivity index (χ0) is 30.9. The molecule has 2 aromatic heterocycles. The number of aromatic nitrogens is 2. The van der Waals surface area contributed by atoms with Crippen molar-refractivity contribution >= 4 is 41.6 Å². The van der Waals surface area contributed by atoms with E-state index in [9.17, 15) is 14.4 Å². The summed E-state index contributed by atoms with van der Waals surface area (Å²) < 4.78 is 10.7. The van der Waals surface area contributed by atoms with Crippen molar-refractivity contribution in [2.45, 2.75) is 52.7 Å². The van der Waals surface area contributed by atoms with E-state index in [1.54, 1.807) is 34.3 Å². The third-order valence-corrected chi connectivity index (χ3v) is 6.32. The van der Waals surface area contributed by atoms with Crippen molar-refractivity contribution in [1.29, 1.82) is 0 Å². The predicted octanol–water partition coefficient (Wildman–Crippen LogP) is 3.43. The first-order valence-corrected chi connectivity index (χ1v) is 14.1. The van der Waals surface area contributed by atoms with Gasteiger partial charge in [-0.3, -0.25) is 4.79 Å². The van der Waals surface area contributed by atoms with Crippen LogP contribution in [0, 0.1) is 0 Å². The minimum absolute atomic E-state index is 0.243. The summed E-state index contributed by atoms with van der Waals surface area (Å²) in [5.74, 6) is 1.03. The van der Waals surface area contributed by atoms with Gasteiger partial charge in [0.05, 0.1) is 23.8 Å². The monoisotopic (exact) mass is 584 g/mol. The Balaban J connectivity index is 0.000000231. The van der Waals surface area contributed by atoms with Crippen molar-refractivity contribution < 1.29 is 23.9 Å². The number of nitrogens with zero attached hydrogens (tertiary/aromatic N) is 6. The maximum absolute atomic E-state index is 12.0. The van der Waals surface area contributed by atoms with Crippen molar-refractivity contribution in [3.8, 4) is 0 Å². The smallest absolute Gasteiger partial charge is 0.410 e. The SMILES string of the molecule is CC(C)(C)OC(=O)N1CCN(c2ccc(N)nc2)CC1.CC(C)(C)OC(=O)N1CCN(c2ccc(NC=O)nc2)CC1. The van der Waals surface area contributed by atoms with Crippen molar-refractivity contribution in [3.63, 3.8) is 0 Å². The van der Waals surface area contributed by atoms with Gasteiger partial charge < -0.3 is 40.1 Å². The molecule has 2 fully saturated rings. The maximum atomic E-state index is 12.0. The Labute approximate surface area is 247 Å². The highest BCUT2D eigenvalue weighted by molar-refractivity contribution is 5.70. The van der Waals surface area contributed by atoms with Crippen molar-refractivity contribution in [1.82, 2.24) is 19.8 Å². The molecule has 2 aliphatic heterocycles. The molecular weight excluding hydrogens is 540 g/mol. The van der Waals surface area contributed by atoms with Gasteiger partial charge in [0.2, 0.25) is 6.41 Å². The number of hydrogen-bond acceptors (Lipinski definition) is 10. The topological polar surface area (TPSA) is 146 Å². The zero-order valence-corrected chi connectivity index (χ0v) is 25.5. The average molecular weight is 585 g/mol. The van der Waals surface area contributed by atoms with Gasteiger partial charge in [-0.25, -0.2) is 19.6 Å². The molecule has 0 radical (unpaired) electrons. The molecular formula is C29H44N8O5. The lowest BCUT2D eigenvalue weighted by molar-refractivity contribution is -0.105. The van der Waals surface area contributed by atoms with Crippen LogP contribution in [0.25, 0.3) is 0 Å². The summed E-state index contributed by atoms with van der Waals surface area (Å²) >= 11 is 0. The fraction of sp³-hybridized carbons (Fsp3) is 0.552.